The van der Waals surface area contributed by atoms with Gasteiger partial charge in [-0.3, -0.25) is 0 Å². The monoisotopic (exact) mass is 335 g/mol. The molecule has 0 aromatic heterocycles. The van der Waals surface area contributed by atoms with Crippen LogP contribution in [0.4, 0.5) is 4.79 Å². The van der Waals surface area contributed by atoms with Crippen LogP contribution in [-0.4, -0.2) is 23.5 Å². The summed E-state index contributed by atoms with van der Waals surface area (Å²) in [5.41, 5.74) is 0.895. The maximum Gasteiger partial charge on any atom is 0.407 e. The third kappa shape index (κ3) is 6.86. The molecule has 1 aliphatic carbocycles. The number of hydrogen-bond acceptors (Lipinski definition) is 3. The van der Waals surface area contributed by atoms with Gasteiger partial charge in [0.05, 0.1) is 0 Å². The maximum atomic E-state index is 11.8. The van der Waals surface area contributed by atoms with Crippen LogP contribution >= 0.6 is 11.8 Å². The van der Waals surface area contributed by atoms with Gasteiger partial charge >= 0.3 is 6.09 Å². The third-order valence-electron chi connectivity index (χ3n) is 4.04. The van der Waals surface area contributed by atoms with Crippen LogP contribution in [0.3, 0.4) is 0 Å². The zero-order valence-electron chi connectivity index (χ0n) is 14.7. The van der Waals surface area contributed by atoms with Crippen LogP contribution in [0, 0.1) is 12.8 Å². The van der Waals surface area contributed by atoms with Crippen LogP contribution in [0.1, 0.15) is 52.0 Å². The second kappa shape index (κ2) is 8.09. The minimum absolute atomic E-state index is 0.269. The molecule has 0 atom stereocenters. The minimum atomic E-state index is -0.425. The van der Waals surface area contributed by atoms with E-state index in [-0.39, 0.29) is 12.1 Å². The lowest BCUT2D eigenvalue weighted by atomic mass is 9.87. The number of carbonyl (C=O) groups excluding carboxylic acids is 1. The molecule has 2 rings (SSSR count). The first-order chi connectivity index (χ1) is 10.8. The van der Waals surface area contributed by atoms with Gasteiger partial charge in [-0.05, 0) is 71.4 Å². The first kappa shape index (κ1) is 18.2. The largest absolute Gasteiger partial charge is 0.444 e. The lowest BCUT2D eigenvalue weighted by Crippen LogP contribution is -2.41. The van der Waals surface area contributed by atoms with Gasteiger partial charge < -0.3 is 10.1 Å². The summed E-state index contributed by atoms with van der Waals surface area (Å²) < 4.78 is 5.33. The van der Waals surface area contributed by atoms with Crippen molar-refractivity contribution < 1.29 is 9.53 Å². The number of carbonyl (C=O) groups is 1. The highest BCUT2D eigenvalue weighted by Gasteiger charge is 2.24. The average Bonchev–Trinajstić information content (AvgIpc) is 2.44. The van der Waals surface area contributed by atoms with E-state index in [1.807, 2.05) is 32.5 Å². The van der Waals surface area contributed by atoms with Gasteiger partial charge in [0, 0.05) is 16.7 Å². The van der Waals surface area contributed by atoms with Crippen molar-refractivity contribution in [2.45, 2.75) is 69.9 Å². The molecule has 23 heavy (non-hydrogen) atoms. The van der Waals surface area contributed by atoms with Crippen molar-refractivity contribution in [3.05, 3.63) is 29.8 Å². The van der Waals surface area contributed by atoms with Crippen molar-refractivity contribution in [2.75, 3.05) is 5.75 Å². The van der Waals surface area contributed by atoms with Crippen LogP contribution in [0.15, 0.2) is 29.2 Å². The van der Waals surface area contributed by atoms with Gasteiger partial charge in [0.1, 0.15) is 5.60 Å². The molecular formula is C19H29NO2S. The van der Waals surface area contributed by atoms with Gasteiger partial charge in [-0.25, -0.2) is 4.79 Å². The third-order valence-corrected chi connectivity index (χ3v) is 5.27. The van der Waals surface area contributed by atoms with E-state index in [1.54, 1.807) is 0 Å². The standard InChI is InChI=1S/C19H29NO2S/c1-14-6-5-7-17(12-14)23-13-15-8-10-16(11-9-15)20-18(21)22-19(2,3)4/h5-7,12,15-16H,8-11,13H2,1-4H3,(H,20,21)/t15-,16+. The number of thioether (sulfide) groups is 1. The van der Waals surface area contributed by atoms with E-state index < -0.39 is 5.60 Å². The Labute approximate surface area is 144 Å². The molecule has 3 nitrogen and oxygen atoms in total. The van der Waals surface area contributed by atoms with Crippen molar-refractivity contribution >= 4 is 17.9 Å². The van der Waals surface area contributed by atoms with Crippen LogP contribution < -0.4 is 5.32 Å². The number of alkyl carbamates (subject to hydrolysis) is 1. The fourth-order valence-electron chi connectivity index (χ4n) is 2.87. The summed E-state index contributed by atoms with van der Waals surface area (Å²) in [6.45, 7) is 7.82. The second-order valence-electron chi connectivity index (χ2n) is 7.49. The van der Waals surface area contributed by atoms with Crippen LogP contribution in [-0.2, 0) is 4.74 Å². The molecule has 1 fully saturated rings. The number of benzene rings is 1. The fourth-order valence-corrected chi connectivity index (χ4v) is 4.07. The highest BCUT2D eigenvalue weighted by molar-refractivity contribution is 7.99. The molecule has 0 saturated heterocycles. The smallest absolute Gasteiger partial charge is 0.407 e. The molecule has 1 aromatic rings. The Morgan fingerprint density at radius 1 is 1.26 bits per heavy atom. The topological polar surface area (TPSA) is 38.3 Å². The molecule has 1 aromatic carbocycles. The van der Waals surface area contributed by atoms with Crippen molar-refractivity contribution in [2.24, 2.45) is 5.92 Å². The quantitative estimate of drug-likeness (QED) is 0.771. The first-order valence-electron chi connectivity index (χ1n) is 8.51. The van der Waals surface area contributed by atoms with E-state index in [0.29, 0.717) is 0 Å². The molecule has 0 unspecified atom stereocenters. The predicted molar refractivity (Wildman–Crippen MR) is 97.0 cm³/mol. The zero-order valence-corrected chi connectivity index (χ0v) is 15.5. The number of hydrogen-bond donors (Lipinski definition) is 1. The van der Waals surface area contributed by atoms with E-state index >= 15 is 0 Å². The number of aryl methyl sites for hydroxylation is 1. The molecule has 0 heterocycles. The van der Waals surface area contributed by atoms with Gasteiger partial charge in [-0.15, -0.1) is 11.8 Å². The number of rotatable bonds is 4. The van der Waals surface area contributed by atoms with Crippen molar-refractivity contribution in [3.8, 4) is 0 Å². The Bertz CT molecular complexity index is 516. The average molecular weight is 336 g/mol. The van der Waals surface area contributed by atoms with Crippen molar-refractivity contribution in [1.29, 1.82) is 0 Å². The summed E-state index contributed by atoms with van der Waals surface area (Å²) in [6, 6.07) is 8.97. The van der Waals surface area contributed by atoms with Crippen LogP contribution in [0.2, 0.25) is 0 Å². The fraction of sp³-hybridized carbons (Fsp3) is 0.632. The Morgan fingerprint density at radius 3 is 2.57 bits per heavy atom. The van der Waals surface area contributed by atoms with E-state index in [0.717, 1.165) is 18.8 Å². The second-order valence-corrected chi connectivity index (χ2v) is 8.58. The van der Waals surface area contributed by atoms with E-state index in [4.69, 9.17) is 4.74 Å². The molecule has 0 aliphatic heterocycles. The summed E-state index contributed by atoms with van der Waals surface area (Å²) in [6.07, 6.45) is 4.19. The van der Waals surface area contributed by atoms with Crippen molar-refractivity contribution in [1.82, 2.24) is 5.32 Å². The van der Waals surface area contributed by atoms with E-state index in [1.165, 1.54) is 29.1 Å². The maximum absolute atomic E-state index is 11.8. The van der Waals surface area contributed by atoms with Crippen molar-refractivity contribution in [3.63, 3.8) is 0 Å². The van der Waals surface area contributed by atoms with Gasteiger partial charge in [-0.1, -0.05) is 17.7 Å². The number of amides is 1. The van der Waals surface area contributed by atoms with Gasteiger partial charge in [0.2, 0.25) is 0 Å². The molecule has 0 bridgehead atoms. The van der Waals surface area contributed by atoms with Crippen LogP contribution in [0.5, 0.6) is 0 Å². The lowest BCUT2D eigenvalue weighted by Gasteiger charge is -2.30. The molecule has 0 radical (unpaired) electrons. The normalized spacial score (nSPS) is 21.7. The molecule has 1 saturated carbocycles. The van der Waals surface area contributed by atoms with Gasteiger partial charge in [0.25, 0.3) is 0 Å². The molecule has 0 spiro atoms. The molecular weight excluding hydrogens is 306 g/mol. The SMILES string of the molecule is Cc1cccc(SC[C@H]2CC[C@@H](NC(=O)OC(C)(C)C)CC2)c1. The Balaban J connectivity index is 1.69. The Hall–Kier alpha value is -1.16. The number of ether oxygens (including phenoxy) is 1. The summed E-state index contributed by atoms with van der Waals surface area (Å²) in [5.74, 6) is 1.92. The predicted octanol–water partition coefficient (Wildman–Crippen LogP) is 5.17. The molecule has 1 N–H and O–H groups in total. The number of nitrogens with one attached hydrogen (secondary N) is 1. The van der Waals surface area contributed by atoms with Gasteiger partial charge in [0.15, 0.2) is 0 Å². The molecule has 4 heteroatoms. The molecule has 1 aliphatic rings. The highest BCUT2D eigenvalue weighted by Crippen LogP contribution is 2.30. The van der Waals surface area contributed by atoms with Crippen LogP contribution in [0.25, 0.3) is 0 Å². The zero-order chi connectivity index (χ0) is 16.9. The van der Waals surface area contributed by atoms with Gasteiger partial charge in [-0.2, -0.15) is 0 Å². The summed E-state index contributed by atoms with van der Waals surface area (Å²) in [7, 11) is 0. The summed E-state index contributed by atoms with van der Waals surface area (Å²) in [4.78, 5) is 13.2. The van der Waals surface area contributed by atoms with E-state index in [9.17, 15) is 4.79 Å². The first-order valence-corrected chi connectivity index (χ1v) is 9.49. The van der Waals surface area contributed by atoms with E-state index in [2.05, 4.69) is 36.5 Å². The summed E-state index contributed by atoms with van der Waals surface area (Å²) in [5, 5.41) is 3.01. The minimum Gasteiger partial charge on any atom is -0.444 e. The molecule has 128 valence electrons. The summed E-state index contributed by atoms with van der Waals surface area (Å²) >= 11 is 1.95. The Kier molecular flexibility index (Phi) is 6.40. The molecule has 1 amide bonds. The Morgan fingerprint density at radius 2 is 1.96 bits per heavy atom. The highest BCUT2D eigenvalue weighted by atomic mass is 32.2. The lowest BCUT2D eigenvalue weighted by molar-refractivity contribution is 0.0488.